The van der Waals surface area contributed by atoms with E-state index >= 15 is 0 Å². The van der Waals surface area contributed by atoms with E-state index in [-0.39, 0.29) is 25.0 Å². The monoisotopic (exact) mass is 242 g/mol. The fraction of sp³-hybridized carbons (Fsp3) is 0.833. The zero-order chi connectivity index (χ0) is 12.8. The van der Waals surface area contributed by atoms with Crippen LogP contribution in [0.2, 0.25) is 0 Å². The summed E-state index contributed by atoms with van der Waals surface area (Å²) in [6, 6.07) is 0.109. The molecule has 1 aliphatic rings. The van der Waals surface area contributed by atoms with Crippen LogP contribution in [0.5, 0.6) is 0 Å². The normalized spacial score (nSPS) is 16.9. The molecule has 2 N–H and O–H groups in total. The first-order chi connectivity index (χ1) is 8.02. The second-order valence-corrected chi connectivity index (χ2v) is 4.80. The van der Waals surface area contributed by atoms with Crippen molar-refractivity contribution in [3.8, 4) is 0 Å². The van der Waals surface area contributed by atoms with Crippen LogP contribution in [0.1, 0.15) is 33.1 Å². The van der Waals surface area contributed by atoms with Crippen molar-refractivity contribution in [2.24, 2.45) is 5.92 Å². The molecule has 0 heterocycles. The van der Waals surface area contributed by atoms with Gasteiger partial charge in [-0.3, -0.25) is 14.5 Å². The number of aliphatic carboxylic acids is 1. The molecule has 1 fully saturated rings. The van der Waals surface area contributed by atoms with Gasteiger partial charge in [0, 0.05) is 12.6 Å². The van der Waals surface area contributed by atoms with Crippen molar-refractivity contribution in [3.63, 3.8) is 0 Å². The first-order valence-electron chi connectivity index (χ1n) is 6.25. The van der Waals surface area contributed by atoms with E-state index in [0.717, 1.165) is 13.0 Å². The number of carbonyl (C=O) groups excluding carboxylic acids is 1. The Bertz CT molecular complexity index is 277. The SMILES string of the molecule is CCC(C)N(CC(=O)O)CC(=O)NCC1CC1. The Hall–Kier alpha value is -1.10. The van der Waals surface area contributed by atoms with Crippen LogP contribution < -0.4 is 5.32 Å². The number of carboxylic acids is 1. The lowest BCUT2D eigenvalue weighted by molar-refractivity contribution is -0.139. The third-order valence-electron chi connectivity index (χ3n) is 3.18. The predicted molar refractivity (Wildman–Crippen MR) is 64.7 cm³/mol. The van der Waals surface area contributed by atoms with Gasteiger partial charge in [-0.05, 0) is 32.1 Å². The Kier molecular flexibility index (Phi) is 5.41. The Balaban J connectivity index is 2.34. The van der Waals surface area contributed by atoms with Crippen LogP contribution in [-0.4, -0.2) is 47.6 Å². The lowest BCUT2D eigenvalue weighted by atomic mass is 10.2. The van der Waals surface area contributed by atoms with E-state index in [1.54, 1.807) is 4.90 Å². The second-order valence-electron chi connectivity index (χ2n) is 4.80. The summed E-state index contributed by atoms with van der Waals surface area (Å²) in [7, 11) is 0. The molecule has 0 radical (unpaired) electrons. The summed E-state index contributed by atoms with van der Waals surface area (Å²) in [5.41, 5.74) is 0. The van der Waals surface area contributed by atoms with Gasteiger partial charge in [0.25, 0.3) is 0 Å². The molecule has 1 rings (SSSR count). The van der Waals surface area contributed by atoms with E-state index in [0.29, 0.717) is 5.92 Å². The summed E-state index contributed by atoms with van der Waals surface area (Å²) in [6.45, 7) is 4.76. The van der Waals surface area contributed by atoms with Crippen molar-refractivity contribution >= 4 is 11.9 Å². The Morgan fingerprint density at radius 1 is 1.41 bits per heavy atom. The Morgan fingerprint density at radius 3 is 2.53 bits per heavy atom. The van der Waals surface area contributed by atoms with Crippen LogP contribution in [0.3, 0.4) is 0 Å². The van der Waals surface area contributed by atoms with Crippen molar-refractivity contribution in [1.82, 2.24) is 10.2 Å². The molecule has 0 saturated heterocycles. The van der Waals surface area contributed by atoms with Crippen molar-refractivity contribution in [2.75, 3.05) is 19.6 Å². The molecule has 98 valence electrons. The molecule has 1 unspecified atom stereocenters. The van der Waals surface area contributed by atoms with E-state index < -0.39 is 5.97 Å². The number of hydrogen-bond donors (Lipinski definition) is 2. The van der Waals surface area contributed by atoms with Gasteiger partial charge in [0.05, 0.1) is 13.1 Å². The molecule has 5 nitrogen and oxygen atoms in total. The quantitative estimate of drug-likeness (QED) is 0.657. The number of nitrogens with one attached hydrogen (secondary N) is 1. The van der Waals surface area contributed by atoms with Crippen LogP contribution >= 0.6 is 0 Å². The molecule has 5 heteroatoms. The van der Waals surface area contributed by atoms with Crippen LogP contribution in [0.4, 0.5) is 0 Å². The maximum Gasteiger partial charge on any atom is 0.317 e. The standard InChI is InChI=1S/C12H22N2O3/c1-3-9(2)14(8-12(16)17)7-11(15)13-6-10-4-5-10/h9-10H,3-8H2,1-2H3,(H,13,15)(H,16,17). The van der Waals surface area contributed by atoms with Gasteiger partial charge in [-0.15, -0.1) is 0 Å². The molecule has 1 saturated carbocycles. The maximum absolute atomic E-state index is 11.6. The van der Waals surface area contributed by atoms with E-state index in [1.165, 1.54) is 12.8 Å². The molecule has 0 aromatic heterocycles. The lowest BCUT2D eigenvalue weighted by Crippen LogP contribution is -2.44. The molecule has 1 atom stereocenters. The van der Waals surface area contributed by atoms with Crippen LogP contribution in [-0.2, 0) is 9.59 Å². The summed E-state index contributed by atoms with van der Waals surface area (Å²) in [5.74, 6) is -0.311. The van der Waals surface area contributed by atoms with Gasteiger partial charge in [-0.25, -0.2) is 0 Å². The first kappa shape index (κ1) is 14.0. The van der Waals surface area contributed by atoms with E-state index in [4.69, 9.17) is 5.11 Å². The number of amides is 1. The van der Waals surface area contributed by atoms with Crippen molar-refractivity contribution in [2.45, 2.75) is 39.2 Å². The van der Waals surface area contributed by atoms with E-state index in [9.17, 15) is 9.59 Å². The van der Waals surface area contributed by atoms with Crippen molar-refractivity contribution in [3.05, 3.63) is 0 Å². The van der Waals surface area contributed by atoms with E-state index in [1.807, 2.05) is 13.8 Å². The second kappa shape index (κ2) is 6.59. The summed E-state index contributed by atoms with van der Waals surface area (Å²) < 4.78 is 0. The number of nitrogens with zero attached hydrogens (tertiary/aromatic N) is 1. The molecule has 0 bridgehead atoms. The summed E-state index contributed by atoms with van der Waals surface area (Å²) in [4.78, 5) is 24.1. The minimum atomic E-state index is -0.889. The highest BCUT2D eigenvalue weighted by atomic mass is 16.4. The van der Waals surface area contributed by atoms with Crippen molar-refractivity contribution in [1.29, 1.82) is 0 Å². The average Bonchev–Trinajstić information content (AvgIpc) is 3.07. The minimum Gasteiger partial charge on any atom is -0.480 e. The molecule has 0 aromatic rings. The highest BCUT2D eigenvalue weighted by Gasteiger charge is 2.23. The zero-order valence-corrected chi connectivity index (χ0v) is 10.6. The van der Waals surface area contributed by atoms with Gasteiger partial charge in [0.1, 0.15) is 0 Å². The number of hydrogen-bond acceptors (Lipinski definition) is 3. The fourth-order valence-electron chi connectivity index (χ4n) is 1.62. The van der Waals surface area contributed by atoms with E-state index in [2.05, 4.69) is 5.32 Å². The van der Waals surface area contributed by atoms with Gasteiger partial charge in [0.2, 0.25) is 5.91 Å². The average molecular weight is 242 g/mol. The van der Waals surface area contributed by atoms with Crippen molar-refractivity contribution < 1.29 is 14.7 Å². The molecule has 1 aliphatic carbocycles. The van der Waals surface area contributed by atoms with Gasteiger partial charge >= 0.3 is 5.97 Å². The first-order valence-corrected chi connectivity index (χ1v) is 6.25. The third-order valence-corrected chi connectivity index (χ3v) is 3.18. The van der Waals surface area contributed by atoms with Gasteiger partial charge in [0.15, 0.2) is 0 Å². The Morgan fingerprint density at radius 2 is 2.06 bits per heavy atom. The van der Waals surface area contributed by atoms with Crippen LogP contribution in [0.15, 0.2) is 0 Å². The fourth-order valence-corrected chi connectivity index (χ4v) is 1.62. The largest absolute Gasteiger partial charge is 0.480 e. The highest BCUT2D eigenvalue weighted by Crippen LogP contribution is 2.27. The molecule has 17 heavy (non-hydrogen) atoms. The summed E-state index contributed by atoms with van der Waals surface area (Å²) >= 11 is 0. The Labute approximate surface area is 102 Å². The molecule has 1 amide bonds. The summed E-state index contributed by atoms with van der Waals surface area (Å²) in [5, 5.41) is 11.6. The number of carboxylic acid groups (broad SMARTS) is 1. The van der Waals surface area contributed by atoms with Gasteiger partial charge < -0.3 is 10.4 Å². The van der Waals surface area contributed by atoms with Crippen LogP contribution in [0.25, 0.3) is 0 Å². The third kappa shape index (κ3) is 5.68. The minimum absolute atomic E-state index is 0.0709. The van der Waals surface area contributed by atoms with Crippen LogP contribution in [0, 0.1) is 5.92 Å². The zero-order valence-electron chi connectivity index (χ0n) is 10.6. The molecule has 0 spiro atoms. The lowest BCUT2D eigenvalue weighted by Gasteiger charge is -2.25. The molecule has 0 aromatic carbocycles. The summed E-state index contributed by atoms with van der Waals surface area (Å²) in [6.07, 6.45) is 3.23. The highest BCUT2D eigenvalue weighted by molar-refractivity contribution is 5.79. The van der Waals surface area contributed by atoms with Gasteiger partial charge in [-0.2, -0.15) is 0 Å². The smallest absolute Gasteiger partial charge is 0.317 e. The van der Waals surface area contributed by atoms with Gasteiger partial charge in [-0.1, -0.05) is 6.92 Å². The predicted octanol–water partition coefficient (Wildman–Crippen LogP) is 0.698. The number of carbonyl (C=O) groups is 2. The maximum atomic E-state index is 11.6. The molecular formula is C12H22N2O3. The molecular weight excluding hydrogens is 220 g/mol. The number of rotatable bonds is 8. The topological polar surface area (TPSA) is 69.6 Å². The molecule has 0 aliphatic heterocycles.